The van der Waals surface area contributed by atoms with Gasteiger partial charge in [-0.1, -0.05) is 0 Å². The fourth-order valence-electron chi connectivity index (χ4n) is 1.50. The molecule has 0 aromatic heterocycles. The zero-order valence-corrected chi connectivity index (χ0v) is 9.80. The molecule has 0 unspecified atom stereocenters. The zero-order chi connectivity index (χ0) is 13.1. The Bertz CT molecular complexity index is 546. The molecule has 0 saturated heterocycles. The van der Waals surface area contributed by atoms with Gasteiger partial charge < -0.3 is 21.5 Å². The summed E-state index contributed by atoms with van der Waals surface area (Å²) in [4.78, 5) is 11.2. The maximum atomic E-state index is 11.2. The van der Waals surface area contributed by atoms with Crippen molar-refractivity contribution >= 4 is 23.3 Å². The molecule has 0 aliphatic carbocycles. The Morgan fingerprint density at radius 1 is 1.39 bits per heavy atom. The minimum Gasteiger partial charge on any atom is -0.482 e. The first kappa shape index (κ1) is 11.9. The Labute approximate surface area is 104 Å². The van der Waals surface area contributed by atoms with E-state index in [-0.39, 0.29) is 18.5 Å². The normalized spacial score (nSPS) is 14.3. The molecule has 7 nitrogen and oxygen atoms in total. The number of ether oxygens (including phenoxy) is 1. The van der Waals surface area contributed by atoms with Crippen LogP contribution >= 0.6 is 0 Å². The van der Waals surface area contributed by atoms with E-state index >= 15 is 0 Å². The van der Waals surface area contributed by atoms with Gasteiger partial charge in [0.25, 0.3) is 5.91 Å². The minimum atomic E-state index is -0.182. The molecular formula is C11H13N5O2. The van der Waals surface area contributed by atoms with Gasteiger partial charge in [-0.15, -0.1) is 5.10 Å². The van der Waals surface area contributed by atoms with Crippen molar-refractivity contribution in [3.63, 3.8) is 0 Å². The molecule has 0 atom stereocenters. The van der Waals surface area contributed by atoms with Gasteiger partial charge in [0, 0.05) is 0 Å². The number of nitrogens with one attached hydrogen (secondary N) is 1. The molecule has 0 radical (unpaired) electrons. The van der Waals surface area contributed by atoms with Gasteiger partial charge >= 0.3 is 0 Å². The SMILES string of the molecule is C/C(=N/N=C(N)N)c1ccc2c(c1)NC(=O)CO2. The summed E-state index contributed by atoms with van der Waals surface area (Å²) in [6.07, 6.45) is 0. The number of carbonyl (C=O) groups is 1. The summed E-state index contributed by atoms with van der Waals surface area (Å²) in [6.45, 7) is 1.80. The molecule has 1 aromatic rings. The lowest BCUT2D eigenvalue weighted by Crippen LogP contribution is -2.25. The average Bonchev–Trinajstić information content (AvgIpc) is 2.34. The van der Waals surface area contributed by atoms with E-state index in [9.17, 15) is 4.79 Å². The van der Waals surface area contributed by atoms with E-state index in [1.54, 1.807) is 19.1 Å². The van der Waals surface area contributed by atoms with Crippen LogP contribution < -0.4 is 21.5 Å². The Balaban J connectivity index is 2.31. The highest BCUT2D eigenvalue weighted by atomic mass is 16.5. The molecule has 5 N–H and O–H groups in total. The number of nitrogens with two attached hydrogens (primary N) is 2. The van der Waals surface area contributed by atoms with Crippen molar-refractivity contribution in [2.45, 2.75) is 6.92 Å². The number of fused-ring (bicyclic) bond motifs is 1. The van der Waals surface area contributed by atoms with Gasteiger partial charge in [0.15, 0.2) is 6.61 Å². The summed E-state index contributed by atoms with van der Waals surface area (Å²) in [5, 5.41) is 10.1. The highest BCUT2D eigenvalue weighted by Gasteiger charge is 2.16. The predicted octanol–water partition coefficient (Wildman–Crippen LogP) is 0.0149. The molecule has 1 heterocycles. The van der Waals surface area contributed by atoms with Crippen molar-refractivity contribution < 1.29 is 9.53 Å². The standard InChI is InChI=1S/C11H13N5O2/c1-6(15-16-11(12)13)7-2-3-9-8(4-7)14-10(17)5-18-9/h2-4H,5H2,1H3,(H,14,17)(H4,12,13,16)/b15-6-. The number of guanidine groups is 1. The second-order valence-corrected chi connectivity index (χ2v) is 3.76. The minimum absolute atomic E-state index is 0.0351. The van der Waals surface area contributed by atoms with E-state index < -0.39 is 0 Å². The molecule has 1 aliphatic heterocycles. The van der Waals surface area contributed by atoms with Crippen molar-refractivity contribution in [2.75, 3.05) is 11.9 Å². The number of anilines is 1. The van der Waals surface area contributed by atoms with Crippen molar-refractivity contribution in [3.8, 4) is 5.75 Å². The van der Waals surface area contributed by atoms with E-state index in [2.05, 4.69) is 15.5 Å². The lowest BCUT2D eigenvalue weighted by atomic mass is 10.1. The maximum absolute atomic E-state index is 11.2. The maximum Gasteiger partial charge on any atom is 0.262 e. The Hall–Kier alpha value is -2.57. The van der Waals surface area contributed by atoms with E-state index in [0.29, 0.717) is 17.1 Å². The first-order valence-electron chi connectivity index (χ1n) is 5.26. The second-order valence-electron chi connectivity index (χ2n) is 3.76. The lowest BCUT2D eigenvalue weighted by molar-refractivity contribution is -0.118. The van der Waals surface area contributed by atoms with Crippen molar-refractivity contribution in [2.24, 2.45) is 21.7 Å². The molecule has 1 amide bonds. The third kappa shape index (κ3) is 2.57. The van der Waals surface area contributed by atoms with Crippen LogP contribution in [0.2, 0.25) is 0 Å². The largest absolute Gasteiger partial charge is 0.482 e. The first-order chi connectivity index (χ1) is 8.56. The van der Waals surface area contributed by atoms with Gasteiger partial charge in [0.1, 0.15) is 5.75 Å². The average molecular weight is 247 g/mol. The zero-order valence-electron chi connectivity index (χ0n) is 9.80. The predicted molar refractivity (Wildman–Crippen MR) is 68.6 cm³/mol. The van der Waals surface area contributed by atoms with Crippen molar-refractivity contribution in [3.05, 3.63) is 23.8 Å². The van der Waals surface area contributed by atoms with Crippen LogP contribution in [0.3, 0.4) is 0 Å². The lowest BCUT2D eigenvalue weighted by Gasteiger charge is -2.18. The van der Waals surface area contributed by atoms with Gasteiger partial charge in [0.05, 0.1) is 11.4 Å². The van der Waals surface area contributed by atoms with Gasteiger partial charge in [0.2, 0.25) is 5.96 Å². The van der Waals surface area contributed by atoms with Crippen LogP contribution in [-0.4, -0.2) is 24.2 Å². The molecule has 18 heavy (non-hydrogen) atoms. The van der Waals surface area contributed by atoms with Crippen LogP contribution in [-0.2, 0) is 4.79 Å². The van der Waals surface area contributed by atoms with Crippen LogP contribution in [0.5, 0.6) is 5.75 Å². The monoisotopic (exact) mass is 247 g/mol. The van der Waals surface area contributed by atoms with Crippen LogP contribution in [0.1, 0.15) is 12.5 Å². The third-order valence-electron chi connectivity index (χ3n) is 2.35. The van der Waals surface area contributed by atoms with Crippen LogP contribution in [0.15, 0.2) is 28.4 Å². The van der Waals surface area contributed by atoms with Gasteiger partial charge in [-0.25, -0.2) is 0 Å². The summed E-state index contributed by atoms with van der Waals surface area (Å²) in [7, 11) is 0. The Morgan fingerprint density at radius 2 is 2.17 bits per heavy atom. The second kappa shape index (κ2) is 4.74. The number of hydrogen-bond donors (Lipinski definition) is 3. The summed E-state index contributed by atoms with van der Waals surface area (Å²) in [5.41, 5.74) is 12.4. The summed E-state index contributed by atoms with van der Waals surface area (Å²) < 4.78 is 5.25. The Kier molecular flexibility index (Phi) is 3.13. The van der Waals surface area contributed by atoms with E-state index in [4.69, 9.17) is 16.2 Å². The quantitative estimate of drug-likeness (QED) is 0.388. The summed E-state index contributed by atoms with van der Waals surface area (Å²) >= 11 is 0. The van der Waals surface area contributed by atoms with E-state index in [1.807, 2.05) is 6.07 Å². The molecule has 7 heteroatoms. The van der Waals surface area contributed by atoms with Gasteiger partial charge in [-0.05, 0) is 30.7 Å². The highest BCUT2D eigenvalue weighted by molar-refractivity contribution is 6.02. The van der Waals surface area contributed by atoms with E-state index in [0.717, 1.165) is 5.56 Å². The Morgan fingerprint density at radius 3 is 2.89 bits per heavy atom. The highest BCUT2D eigenvalue weighted by Crippen LogP contribution is 2.28. The molecule has 0 bridgehead atoms. The van der Waals surface area contributed by atoms with Crippen LogP contribution in [0.25, 0.3) is 0 Å². The fraction of sp³-hybridized carbons (Fsp3) is 0.182. The van der Waals surface area contributed by atoms with Crippen LogP contribution in [0.4, 0.5) is 5.69 Å². The van der Waals surface area contributed by atoms with E-state index in [1.165, 1.54) is 0 Å². The van der Waals surface area contributed by atoms with Crippen molar-refractivity contribution in [1.82, 2.24) is 0 Å². The third-order valence-corrected chi connectivity index (χ3v) is 2.35. The number of nitrogens with zero attached hydrogens (tertiary/aromatic N) is 2. The number of rotatable bonds is 2. The molecule has 2 rings (SSSR count). The molecule has 1 aliphatic rings. The smallest absolute Gasteiger partial charge is 0.262 e. The van der Waals surface area contributed by atoms with Gasteiger partial charge in [-0.2, -0.15) is 5.10 Å². The molecule has 0 spiro atoms. The fourth-order valence-corrected chi connectivity index (χ4v) is 1.50. The topological polar surface area (TPSA) is 115 Å². The molecule has 1 aromatic carbocycles. The molecule has 0 fully saturated rings. The number of benzene rings is 1. The van der Waals surface area contributed by atoms with Crippen LogP contribution in [0, 0.1) is 0 Å². The number of amides is 1. The van der Waals surface area contributed by atoms with Crippen molar-refractivity contribution in [1.29, 1.82) is 0 Å². The van der Waals surface area contributed by atoms with Gasteiger partial charge in [-0.3, -0.25) is 4.79 Å². The molecule has 0 saturated carbocycles. The first-order valence-corrected chi connectivity index (χ1v) is 5.26. The molecular weight excluding hydrogens is 234 g/mol. The number of carbonyl (C=O) groups excluding carboxylic acids is 1. The molecule has 94 valence electrons. The summed E-state index contributed by atoms with van der Waals surface area (Å²) in [5.74, 6) is 0.343. The number of hydrogen-bond acceptors (Lipinski definition) is 4. The summed E-state index contributed by atoms with van der Waals surface area (Å²) in [6, 6.07) is 5.34.